The highest BCUT2D eigenvalue weighted by Crippen LogP contribution is 2.43. The van der Waals surface area contributed by atoms with E-state index in [1.54, 1.807) is 0 Å². The van der Waals surface area contributed by atoms with E-state index in [1.165, 1.54) is 0 Å². The number of H-pyrrole nitrogens is 1. The first-order chi connectivity index (χ1) is 12.8. The van der Waals surface area contributed by atoms with Crippen LogP contribution < -0.4 is 14.8 Å². The van der Waals surface area contributed by atoms with Gasteiger partial charge in [0.15, 0.2) is 11.5 Å². The van der Waals surface area contributed by atoms with Crippen molar-refractivity contribution >= 4 is 16.8 Å². The second-order valence-electron chi connectivity index (χ2n) is 6.48. The highest BCUT2D eigenvalue weighted by molar-refractivity contribution is 5.86. The van der Waals surface area contributed by atoms with E-state index in [0.29, 0.717) is 13.0 Å². The summed E-state index contributed by atoms with van der Waals surface area (Å²) in [5.41, 5.74) is 3.14. The molecule has 1 aliphatic rings. The van der Waals surface area contributed by atoms with Crippen LogP contribution in [0.1, 0.15) is 36.8 Å². The van der Waals surface area contributed by atoms with Gasteiger partial charge in [-0.15, -0.1) is 0 Å². The first kappa shape index (κ1) is 16.5. The quantitative estimate of drug-likeness (QED) is 0.708. The molecule has 1 amide bonds. The van der Waals surface area contributed by atoms with Gasteiger partial charge in [0.1, 0.15) is 0 Å². The fourth-order valence-electron chi connectivity index (χ4n) is 3.52. The van der Waals surface area contributed by atoms with Crippen LogP contribution >= 0.6 is 0 Å². The van der Waals surface area contributed by atoms with Crippen molar-refractivity contribution in [2.45, 2.75) is 25.7 Å². The Balaban J connectivity index is 1.78. The van der Waals surface area contributed by atoms with E-state index >= 15 is 0 Å². The number of hydrogen-bond acceptors (Lipinski definition) is 3. The van der Waals surface area contributed by atoms with Gasteiger partial charge in [0, 0.05) is 41.5 Å². The third kappa shape index (κ3) is 3.01. The van der Waals surface area contributed by atoms with Crippen molar-refractivity contribution in [1.82, 2.24) is 10.3 Å². The Morgan fingerprint density at radius 2 is 2.04 bits per heavy atom. The number of aromatic amines is 1. The van der Waals surface area contributed by atoms with Crippen LogP contribution in [0, 0.1) is 0 Å². The molecule has 0 saturated carbocycles. The van der Waals surface area contributed by atoms with Crippen LogP contribution in [-0.4, -0.2) is 24.2 Å². The molecule has 2 heterocycles. The standard InChI is InChI=1S/C21H22N2O3/c1-2-10-22-20(24)11-16(15-7-5-9-19-21(15)26-13-25-19)17-12-23-18-8-4-3-6-14(17)18/h3-9,12,16,23H,2,10-11,13H2,1H3,(H,22,24)/t16-/m1/s1. The SMILES string of the molecule is CCCNC(=O)C[C@H](c1cccc2c1OCO2)c1c[nH]c2ccccc12. The molecule has 1 aromatic heterocycles. The molecule has 0 bridgehead atoms. The van der Waals surface area contributed by atoms with Gasteiger partial charge in [0.25, 0.3) is 0 Å². The zero-order chi connectivity index (χ0) is 17.9. The molecule has 26 heavy (non-hydrogen) atoms. The Morgan fingerprint density at radius 1 is 1.15 bits per heavy atom. The van der Waals surface area contributed by atoms with Crippen LogP contribution in [0.25, 0.3) is 10.9 Å². The molecule has 0 spiro atoms. The lowest BCUT2D eigenvalue weighted by molar-refractivity contribution is -0.121. The topological polar surface area (TPSA) is 63.4 Å². The minimum atomic E-state index is -0.111. The first-order valence-electron chi connectivity index (χ1n) is 8.99. The number of carbonyl (C=O) groups excluding carboxylic acids is 1. The van der Waals surface area contributed by atoms with Crippen LogP contribution in [-0.2, 0) is 4.79 Å². The number of nitrogens with one attached hydrogen (secondary N) is 2. The molecule has 0 aliphatic carbocycles. The van der Waals surface area contributed by atoms with Crippen molar-refractivity contribution in [2.24, 2.45) is 0 Å². The monoisotopic (exact) mass is 350 g/mol. The van der Waals surface area contributed by atoms with Crippen molar-refractivity contribution < 1.29 is 14.3 Å². The highest BCUT2D eigenvalue weighted by Gasteiger charge is 2.28. The summed E-state index contributed by atoms with van der Waals surface area (Å²) < 4.78 is 11.3. The molecule has 3 aromatic rings. The van der Waals surface area contributed by atoms with Crippen LogP contribution in [0.4, 0.5) is 0 Å². The van der Waals surface area contributed by atoms with Crippen molar-refractivity contribution in [2.75, 3.05) is 13.3 Å². The minimum Gasteiger partial charge on any atom is -0.454 e. The Bertz CT molecular complexity index is 932. The van der Waals surface area contributed by atoms with Crippen LogP contribution in [0.15, 0.2) is 48.7 Å². The second-order valence-corrected chi connectivity index (χ2v) is 6.48. The number of ether oxygens (including phenoxy) is 2. The summed E-state index contributed by atoms with van der Waals surface area (Å²) in [6.07, 6.45) is 3.28. The summed E-state index contributed by atoms with van der Waals surface area (Å²) in [6, 6.07) is 14.0. The highest BCUT2D eigenvalue weighted by atomic mass is 16.7. The van der Waals surface area contributed by atoms with E-state index in [0.717, 1.165) is 39.9 Å². The van der Waals surface area contributed by atoms with E-state index in [2.05, 4.69) is 16.4 Å². The van der Waals surface area contributed by atoms with Crippen LogP contribution in [0.2, 0.25) is 0 Å². The lowest BCUT2D eigenvalue weighted by atomic mass is 9.87. The lowest BCUT2D eigenvalue weighted by Crippen LogP contribution is -2.26. The predicted octanol–water partition coefficient (Wildman–Crippen LogP) is 3.94. The number of hydrogen-bond donors (Lipinski definition) is 2. The molecule has 2 N–H and O–H groups in total. The lowest BCUT2D eigenvalue weighted by Gasteiger charge is -2.19. The number of carbonyl (C=O) groups is 1. The summed E-state index contributed by atoms with van der Waals surface area (Å²) >= 11 is 0. The smallest absolute Gasteiger partial charge is 0.231 e. The third-order valence-corrected chi connectivity index (χ3v) is 4.76. The van der Waals surface area contributed by atoms with E-state index in [4.69, 9.17) is 9.47 Å². The molecule has 1 atom stereocenters. The molecule has 5 heteroatoms. The Hall–Kier alpha value is -2.95. The fourth-order valence-corrected chi connectivity index (χ4v) is 3.52. The molecular formula is C21H22N2O3. The molecule has 134 valence electrons. The fraction of sp³-hybridized carbons (Fsp3) is 0.286. The van der Waals surface area contributed by atoms with Crippen molar-refractivity contribution in [3.05, 3.63) is 59.8 Å². The molecule has 2 aromatic carbocycles. The Kier molecular flexibility index (Phi) is 4.52. The van der Waals surface area contributed by atoms with Crippen molar-refractivity contribution in [3.8, 4) is 11.5 Å². The van der Waals surface area contributed by atoms with E-state index in [9.17, 15) is 4.79 Å². The Morgan fingerprint density at radius 3 is 2.92 bits per heavy atom. The van der Waals surface area contributed by atoms with E-state index < -0.39 is 0 Å². The molecule has 5 nitrogen and oxygen atoms in total. The number of aromatic nitrogens is 1. The maximum Gasteiger partial charge on any atom is 0.231 e. The van der Waals surface area contributed by atoms with Gasteiger partial charge in [-0.2, -0.15) is 0 Å². The molecule has 0 saturated heterocycles. The molecule has 1 aliphatic heterocycles. The summed E-state index contributed by atoms with van der Waals surface area (Å²) in [6.45, 7) is 2.95. The summed E-state index contributed by atoms with van der Waals surface area (Å²) in [7, 11) is 0. The van der Waals surface area contributed by atoms with Gasteiger partial charge >= 0.3 is 0 Å². The number of amides is 1. The number of benzene rings is 2. The Labute approximate surface area is 152 Å². The van der Waals surface area contributed by atoms with Gasteiger partial charge in [-0.1, -0.05) is 37.3 Å². The normalized spacial score (nSPS) is 13.7. The largest absolute Gasteiger partial charge is 0.454 e. The zero-order valence-electron chi connectivity index (χ0n) is 14.7. The van der Waals surface area contributed by atoms with Gasteiger partial charge < -0.3 is 19.8 Å². The summed E-state index contributed by atoms with van der Waals surface area (Å²) in [5.74, 6) is 1.41. The predicted molar refractivity (Wildman–Crippen MR) is 101 cm³/mol. The molecule has 0 radical (unpaired) electrons. The molecular weight excluding hydrogens is 328 g/mol. The average molecular weight is 350 g/mol. The minimum absolute atomic E-state index is 0.0404. The van der Waals surface area contributed by atoms with Gasteiger partial charge in [0.05, 0.1) is 0 Å². The average Bonchev–Trinajstić information content (AvgIpc) is 3.31. The third-order valence-electron chi connectivity index (χ3n) is 4.76. The second kappa shape index (κ2) is 7.12. The first-order valence-corrected chi connectivity index (χ1v) is 8.99. The van der Waals surface area contributed by atoms with Crippen LogP contribution in [0.3, 0.4) is 0 Å². The summed E-state index contributed by atoms with van der Waals surface area (Å²) in [5, 5.41) is 4.11. The molecule has 4 rings (SSSR count). The number of para-hydroxylation sites is 2. The maximum atomic E-state index is 12.5. The van der Waals surface area contributed by atoms with Gasteiger partial charge in [0.2, 0.25) is 12.7 Å². The summed E-state index contributed by atoms with van der Waals surface area (Å²) in [4.78, 5) is 15.8. The maximum absolute atomic E-state index is 12.5. The van der Waals surface area contributed by atoms with Gasteiger partial charge in [-0.05, 0) is 24.1 Å². The molecule has 0 fully saturated rings. The zero-order valence-corrected chi connectivity index (χ0v) is 14.7. The van der Waals surface area contributed by atoms with E-state index in [1.807, 2.05) is 49.5 Å². The van der Waals surface area contributed by atoms with Gasteiger partial charge in [-0.25, -0.2) is 0 Å². The number of rotatable bonds is 6. The van der Waals surface area contributed by atoms with E-state index in [-0.39, 0.29) is 18.6 Å². The van der Waals surface area contributed by atoms with Crippen molar-refractivity contribution in [1.29, 1.82) is 0 Å². The van der Waals surface area contributed by atoms with Crippen molar-refractivity contribution in [3.63, 3.8) is 0 Å². The van der Waals surface area contributed by atoms with Crippen LogP contribution in [0.5, 0.6) is 11.5 Å². The number of fused-ring (bicyclic) bond motifs is 2. The molecule has 0 unspecified atom stereocenters. The van der Waals surface area contributed by atoms with Gasteiger partial charge in [-0.3, -0.25) is 4.79 Å².